The van der Waals surface area contributed by atoms with Gasteiger partial charge in [-0.15, -0.1) is 0 Å². The summed E-state index contributed by atoms with van der Waals surface area (Å²) in [7, 11) is 1.56. The largest absolute Gasteiger partial charge is 0.382 e. The molecule has 0 bridgehead atoms. The molecule has 1 amide bonds. The Morgan fingerprint density at radius 2 is 2.00 bits per heavy atom. The van der Waals surface area contributed by atoms with E-state index in [1.807, 2.05) is 34.6 Å². The summed E-state index contributed by atoms with van der Waals surface area (Å²) >= 11 is 0. The Balaban J connectivity index is 0. The summed E-state index contributed by atoms with van der Waals surface area (Å²) in [5, 5.41) is 2.59. The Hall–Kier alpha value is -2.33. The van der Waals surface area contributed by atoms with Gasteiger partial charge < -0.3 is 20.4 Å². The van der Waals surface area contributed by atoms with Crippen molar-refractivity contribution in [3.8, 4) is 11.8 Å². The van der Waals surface area contributed by atoms with Gasteiger partial charge in [0.25, 0.3) is 0 Å². The predicted octanol–water partition coefficient (Wildman–Crippen LogP) is 1.31. The van der Waals surface area contributed by atoms with Crippen LogP contribution in [-0.2, 0) is 16.6 Å². The number of rotatable bonds is 5. The van der Waals surface area contributed by atoms with E-state index in [9.17, 15) is 9.59 Å². The molecule has 3 N–H and O–H groups in total. The van der Waals surface area contributed by atoms with Crippen molar-refractivity contribution in [1.82, 2.24) is 14.9 Å². The Kier molecular flexibility index (Phi) is 15.5. The van der Waals surface area contributed by atoms with E-state index in [1.165, 1.54) is 10.8 Å². The zero-order valence-electron chi connectivity index (χ0n) is 15.6. The standard InChI is InChI=1S/C13H18N4O3.2C2H6/c1-3-7-20-9-11(18)15-6-4-5-10-8-17(2)13(19)16-12(10)14;2*1-2/h8H,3,6-7,9H2,1-2H3,(H,15,18)(H2,14,16,19);2*1-2H3. The minimum Gasteiger partial charge on any atom is -0.382 e. The molecular formula is C17H30N4O3. The number of nitrogens with two attached hydrogens (primary N) is 1. The van der Waals surface area contributed by atoms with Crippen LogP contribution in [0.4, 0.5) is 5.82 Å². The molecule has 0 saturated carbocycles. The van der Waals surface area contributed by atoms with E-state index in [1.54, 1.807) is 7.05 Å². The van der Waals surface area contributed by atoms with Crippen molar-refractivity contribution in [3.63, 3.8) is 0 Å². The van der Waals surface area contributed by atoms with Gasteiger partial charge in [-0.2, -0.15) is 4.98 Å². The van der Waals surface area contributed by atoms with Crippen molar-refractivity contribution in [2.45, 2.75) is 41.0 Å². The Bertz CT molecular complexity index is 586. The Labute approximate surface area is 144 Å². The number of ether oxygens (including phenoxy) is 1. The predicted molar refractivity (Wildman–Crippen MR) is 97.6 cm³/mol. The SMILES string of the molecule is CC.CC.CCCOCC(=O)NCC#Cc1cn(C)c(=O)nc1N. The lowest BCUT2D eigenvalue weighted by Gasteiger charge is -2.02. The number of nitrogens with zero attached hydrogens (tertiary/aromatic N) is 2. The van der Waals surface area contributed by atoms with Crippen molar-refractivity contribution in [3.05, 3.63) is 22.2 Å². The molecule has 0 aliphatic rings. The first-order valence-electron chi connectivity index (χ1n) is 8.21. The van der Waals surface area contributed by atoms with Crippen molar-refractivity contribution in [2.75, 3.05) is 25.5 Å². The molecule has 1 rings (SSSR count). The normalized spacial score (nSPS) is 8.58. The van der Waals surface area contributed by atoms with Gasteiger partial charge in [0.1, 0.15) is 12.4 Å². The van der Waals surface area contributed by atoms with Gasteiger partial charge in [0.05, 0.1) is 12.1 Å². The summed E-state index contributed by atoms with van der Waals surface area (Å²) < 4.78 is 6.37. The van der Waals surface area contributed by atoms with Crippen LogP contribution < -0.4 is 16.7 Å². The third-order valence-corrected chi connectivity index (χ3v) is 2.30. The quantitative estimate of drug-likeness (QED) is 0.623. The fraction of sp³-hybridized carbons (Fsp3) is 0.588. The molecule has 0 fully saturated rings. The van der Waals surface area contributed by atoms with Crippen LogP contribution in [0.2, 0.25) is 0 Å². The van der Waals surface area contributed by atoms with Crippen LogP contribution in [0.15, 0.2) is 11.0 Å². The van der Waals surface area contributed by atoms with Crippen LogP contribution in [0, 0.1) is 11.8 Å². The first-order chi connectivity index (χ1) is 11.5. The molecule has 0 aromatic carbocycles. The maximum atomic E-state index is 11.3. The summed E-state index contributed by atoms with van der Waals surface area (Å²) in [5.41, 5.74) is 5.59. The van der Waals surface area contributed by atoms with E-state index < -0.39 is 5.69 Å². The highest BCUT2D eigenvalue weighted by Gasteiger charge is 2.01. The van der Waals surface area contributed by atoms with E-state index in [2.05, 4.69) is 22.1 Å². The number of hydrogen-bond donors (Lipinski definition) is 2. The fourth-order valence-electron chi connectivity index (χ4n) is 1.30. The number of nitrogens with one attached hydrogen (secondary N) is 1. The summed E-state index contributed by atoms with van der Waals surface area (Å²) in [5.74, 6) is 5.35. The number of aryl methyl sites for hydroxylation is 1. The molecule has 136 valence electrons. The number of carbonyl (C=O) groups is 1. The number of hydrogen-bond acceptors (Lipinski definition) is 5. The average Bonchev–Trinajstić information content (AvgIpc) is 2.60. The number of carbonyl (C=O) groups excluding carboxylic acids is 1. The van der Waals surface area contributed by atoms with E-state index >= 15 is 0 Å². The van der Waals surface area contributed by atoms with Crippen LogP contribution in [0.3, 0.4) is 0 Å². The highest BCUT2D eigenvalue weighted by molar-refractivity contribution is 5.77. The van der Waals surface area contributed by atoms with E-state index in [-0.39, 0.29) is 24.9 Å². The lowest BCUT2D eigenvalue weighted by atomic mass is 10.3. The fourth-order valence-corrected chi connectivity index (χ4v) is 1.30. The lowest BCUT2D eigenvalue weighted by Crippen LogP contribution is -2.28. The summed E-state index contributed by atoms with van der Waals surface area (Å²) in [6, 6.07) is 0. The molecule has 0 saturated heterocycles. The molecule has 1 aromatic rings. The minimum absolute atomic E-state index is 0.0268. The summed E-state index contributed by atoms with van der Waals surface area (Å²) in [6.45, 7) is 10.7. The molecule has 0 aliphatic heterocycles. The van der Waals surface area contributed by atoms with Gasteiger partial charge in [0.15, 0.2) is 0 Å². The molecule has 0 aliphatic carbocycles. The number of aromatic nitrogens is 2. The monoisotopic (exact) mass is 338 g/mol. The molecule has 7 nitrogen and oxygen atoms in total. The molecule has 0 unspecified atom stereocenters. The van der Waals surface area contributed by atoms with Gasteiger partial charge in [-0.25, -0.2) is 4.79 Å². The van der Waals surface area contributed by atoms with Crippen LogP contribution in [-0.4, -0.2) is 35.2 Å². The van der Waals surface area contributed by atoms with Crippen LogP contribution >= 0.6 is 0 Å². The van der Waals surface area contributed by atoms with Gasteiger partial charge in [-0.3, -0.25) is 4.79 Å². The second-order valence-corrected chi connectivity index (χ2v) is 4.06. The number of anilines is 1. The van der Waals surface area contributed by atoms with Crippen LogP contribution in [0.25, 0.3) is 0 Å². The molecule has 0 spiro atoms. The summed E-state index contributed by atoms with van der Waals surface area (Å²) in [4.78, 5) is 26.1. The first kappa shape index (κ1) is 23.9. The van der Waals surface area contributed by atoms with Gasteiger partial charge in [0, 0.05) is 19.9 Å². The van der Waals surface area contributed by atoms with Crippen molar-refractivity contribution in [1.29, 1.82) is 0 Å². The average molecular weight is 338 g/mol. The van der Waals surface area contributed by atoms with Crippen LogP contribution in [0.5, 0.6) is 0 Å². The van der Waals surface area contributed by atoms with Gasteiger partial charge in [-0.05, 0) is 6.42 Å². The number of amides is 1. The maximum Gasteiger partial charge on any atom is 0.349 e. The molecule has 7 heteroatoms. The number of nitrogen functional groups attached to an aromatic ring is 1. The third kappa shape index (κ3) is 10.4. The van der Waals surface area contributed by atoms with Crippen LogP contribution in [0.1, 0.15) is 46.6 Å². The smallest absolute Gasteiger partial charge is 0.349 e. The lowest BCUT2D eigenvalue weighted by molar-refractivity contribution is -0.125. The highest BCUT2D eigenvalue weighted by Crippen LogP contribution is 2.00. The van der Waals surface area contributed by atoms with Crippen molar-refractivity contribution < 1.29 is 9.53 Å². The second kappa shape index (κ2) is 15.6. The maximum absolute atomic E-state index is 11.3. The summed E-state index contributed by atoms with van der Waals surface area (Å²) in [6.07, 6.45) is 2.37. The van der Waals surface area contributed by atoms with Gasteiger partial charge in [0.2, 0.25) is 5.91 Å². The molecule has 1 heterocycles. The second-order valence-electron chi connectivity index (χ2n) is 4.06. The highest BCUT2D eigenvalue weighted by atomic mass is 16.5. The van der Waals surface area contributed by atoms with Gasteiger partial charge in [-0.1, -0.05) is 46.5 Å². The Morgan fingerprint density at radius 3 is 2.58 bits per heavy atom. The topological polar surface area (TPSA) is 99.2 Å². The van der Waals surface area contributed by atoms with Gasteiger partial charge >= 0.3 is 5.69 Å². The zero-order valence-corrected chi connectivity index (χ0v) is 15.6. The zero-order chi connectivity index (χ0) is 19.0. The van der Waals surface area contributed by atoms with E-state index in [4.69, 9.17) is 10.5 Å². The van der Waals surface area contributed by atoms with E-state index in [0.717, 1.165) is 6.42 Å². The molecule has 0 atom stereocenters. The molecule has 24 heavy (non-hydrogen) atoms. The van der Waals surface area contributed by atoms with E-state index in [0.29, 0.717) is 12.2 Å². The third-order valence-electron chi connectivity index (χ3n) is 2.30. The first-order valence-corrected chi connectivity index (χ1v) is 8.21. The Morgan fingerprint density at radius 1 is 1.38 bits per heavy atom. The minimum atomic E-state index is -0.436. The molecule has 0 radical (unpaired) electrons. The van der Waals surface area contributed by atoms with Crippen molar-refractivity contribution >= 4 is 11.7 Å². The van der Waals surface area contributed by atoms with Crippen molar-refractivity contribution in [2.24, 2.45) is 7.05 Å². The molecular weight excluding hydrogens is 308 g/mol. The molecule has 1 aromatic heterocycles.